The van der Waals surface area contributed by atoms with Crippen molar-refractivity contribution < 1.29 is 18.7 Å². The molecule has 0 unspecified atom stereocenters. The standard InChI is InChI=1S/C24H31FN4O3/c1-16-5-7-19(15-26-16)27-22(30)28-21-14-18(6-8-20(21)25)13-17-9-11-29(12-10-17)23(31)32-24(2,3)4/h5-8,14-15,17H,9-13H2,1-4H3,(H2,27,28,30). The van der Waals surface area contributed by atoms with Crippen LogP contribution in [0.1, 0.15) is 44.9 Å². The van der Waals surface area contributed by atoms with Crippen molar-refractivity contribution in [3.63, 3.8) is 0 Å². The highest BCUT2D eigenvalue weighted by Crippen LogP contribution is 2.25. The summed E-state index contributed by atoms with van der Waals surface area (Å²) in [5.74, 6) is -0.120. The van der Waals surface area contributed by atoms with Gasteiger partial charge in [-0.25, -0.2) is 14.0 Å². The van der Waals surface area contributed by atoms with Crippen LogP contribution < -0.4 is 10.6 Å². The molecule has 0 radical (unpaired) electrons. The fourth-order valence-electron chi connectivity index (χ4n) is 3.60. The Hall–Kier alpha value is -3.16. The van der Waals surface area contributed by atoms with Gasteiger partial charge in [0.05, 0.1) is 17.6 Å². The van der Waals surface area contributed by atoms with E-state index in [2.05, 4.69) is 15.6 Å². The molecule has 2 aromatic rings. The number of halogens is 1. The van der Waals surface area contributed by atoms with Crippen molar-refractivity contribution in [1.29, 1.82) is 0 Å². The molecule has 1 aromatic carbocycles. The van der Waals surface area contributed by atoms with Crippen LogP contribution in [0.3, 0.4) is 0 Å². The van der Waals surface area contributed by atoms with Crippen LogP contribution in [0.5, 0.6) is 0 Å². The number of likely N-dealkylation sites (tertiary alicyclic amines) is 1. The molecule has 3 amide bonds. The second-order valence-electron chi connectivity index (χ2n) is 9.20. The topological polar surface area (TPSA) is 83.6 Å². The molecule has 0 atom stereocenters. The molecule has 1 aliphatic heterocycles. The number of anilines is 2. The Morgan fingerprint density at radius 3 is 2.50 bits per heavy atom. The number of amides is 3. The number of piperidine rings is 1. The van der Waals surface area contributed by atoms with E-state index in [1.807, 2.05) is 27.7 Å². The molecule has 0 saturated carbocycles. The summed E-state index contributed by atoms with van der Waals surface area (Å²) in [6, 6.07) is 7.76. The van der Waals surface area contributed by atoms with E-state index < -0.39 is 17.4 Å². The summed E-state index contributed by atoms with van der Waals surface area (Å²) >= 11 is 0. The van der Waals surface area contributed by atoms with Gasteiger partial charge in [-0.3, -0.25) is 4.98 Å². The van der Waals surface area contributed by atoms with Gasteiger partial charge < -0.3 is 20.3 Å². The first-order valence-electron chi connectivity index (χ1n) is 10.9. The highest BCUT2D eigenvalue weighted by atomic mass is 19.1. The molecule has 0 aliphatic carbocycles. The van der Waals surface area contributed by atoms with Crippen LogP contribution in [0.25, 0.3) is 0 Å². The predicted octanol–water partition coefficient (Wildman–Crippen LogP) is 5.36. The summed E-state index contributed by atoms with van der Waals surface area (Å²) in [4.78, 5) is 30.3. The SMILES string of the molecule is Cc1ccc(NC(=O)Nc2cc(CC3CCN(C(=O)OC(C)(C)C)CC3)ccc2F)cn1. The third-order valence-electron chi connectivity index (χ3n) is 5.24. The average Bonchev–Trinajstić information content (AvgIpc) is 2.71. The number of hydrogen-bond donors (Lipinski definition) is 2. The number of nitrogens with zero attached hydrogens (tertiary/aromatic N) is 2. The first-order chi connectivity index (χ1) is 15.1. The summed E-state index contributed by atoms with van der Waals surface area (Å²) < 4.78 is 19.7. The average molecular weight is 443 g/mol. The van der Waals surface area contributed by atoms with Crippen LogP contribution in [0.2, 0.25) is 0 Å². The zero-order valence-corrected chi connectivity index (χ0v) is 19.1. The first kappa shape index (κ1) is 23.5. The van der Waals surface area contributed by atoms with Crippen LogP contribution in [-0.2, 0) is 11.2 Å². The minimum atomic E-state index is -0.530. The normalized spacial score (nSPS) is 14.7. The maximum absolute atomic E-state index is 14.3. The van der Waals surface area contributed by atoms with E-state index in [9.17, 15) is 14.0 Å². The number of ether oxygens (including phenoxy) is 1. The number of carbonyl (C=O) groups is 2. The molecule has 2 heterocycles. The number of pyridine rings is 1. The second-order valence-corrected chi connectivity index (χ2v) is 9.20. The van der Waals surface area contributed by atoms with Crippen molar-refractivity contribution in [2.75, 3.05) is 23.7 Å². The lowest BCUT2D eigenvalue weighted by atomic mass is 9.90. The molecule has 1 fully saturated rings. The zero-order valence-electron chi connectivity index (χ0n) is 19.1. The molecule has 172 valence electrons. The highest BCUT2D eigenvalue weighted by Gasteiger charge is 2.27. The number of hydrogen-bond acceptors (Lipinski definition) is 4. The first-order valence-corrected chi connectivity index (χ1v) is 10.9. The number of aryl methyl sites for hydroxylation is 1. The van der Waals surface area contributed by atoms with E-state index in [4.69, 9.17) is 4.74 Å². The Bertz CT molecular complexity index is 949. The van der Waals surface area contributed by atoms with E-state index in [-0.39, 0.29) is 11.8 Å². The van der Waals surface area contributed by atoms with Gasteiger partial charge in [0.2, 0.25) is 0 Å². The molecule has 1 aromatic heterocycles. The largest absolute Gasteiger partial charge is 0.444 e. The van der Waals surface area contributed by atoms with Crippen LogP contribution in [0.4, 0.5) is 25.4 Å². The third kappa shape index (κ3) is 6.93. The quantitative estimate of drug-likeness (QED) is 0.667. The Morgan fingerprint density at radius 2 is 1.88 bits per heavy atom. The van der Waals surface area contributed by atoms with Crippen molar-refractivity contribution >= 4 is 23.5 Å². The molecular weight excluding hydrogens is 411 g/mol. The van der Waals surface area contributed by atoms with Gasteiger partial charge >= 0.3 is 12.1 Å². The Labute approximate surface area is 188 Å². The van der Waals surface area contributed by atoms with Crippen molar-refractivity contribution in [3.05, 3.63) is 53.6 Å². The highest BCUT2D eigenvalue weighted by molar-refractivity contribution is 5.99. The van der Waals surface area contributed by atoms with E-state index >= 15 is 0 Å². The molecule has 0 bridgehead atoms. The molecule has 32 heavy (non-hydrogen) atoms. The van der Waals surface area contributed by atoms with Crippen molar-refractivity contribution in [2.24, 2.45) is 5.92 Å². The van der Waals surface area contributed by atoms with Gasteiger partial charge in [0.15, 0.2) is 0 Å². The fraction of sp³-hybridized carbons (Fsp3) is 0.458. The lowest BCUT2D eigenvalue weighted by Crippen LogP contribution is -2.42. The maximum atomic E-state index is 14.3. The van der Waals surface area contributed by atoms with Crippen LogP contribution in [0, 0.1) is 18.7 Å². The monoisotopic (exact) mass is 442 g/mol. The number of rotatable bonds is 4. The van der Waals surface area contributed by atoms with Crippen molar-refractivity contribution in [1.82, 2.24) is 9.88 Å². The smallest absolute Gasteiger partial charge is 0.410 e. The van der Waals surface area contributed by atoms with Crippen molar-refractivity contribution in [3.8, 4) is 0 Å². The van der Waals surface area contributed by atoms with Crippen LogP contribution >= 0.6 is 0 Å². The summed E-state index contributed by atoms with van der Waals surface area (Å²) in [5, 5.41) is 5.22. The van der Waals surface area contributed by atoms with E-state index in [0.29, 0.717) is 24.7 Å². The summed E-state index contributed by atoms with van der Waals surface area (Å²) in [7, 11) is 0. The van der Waals surface area contributed by atoms with Gasteiger partial charge in [0.1, 0.15) is 11.4 Å². The third-order valence-corrected chi connectivity index (χ3v) is 5.24. The van der Waals surface area contributed by atoms with Crippen LogP contribution in [0.15, 0.2) is 36.5 Å². The number of urea groups is 1. The minimum Gasteiger partial charge on any atom is -0.444 e. The molecule has 0 spiro atoms. The zero-order chi connectivity index (χ0) is 23.3. The molecule has 2 N–H and O–H groups in total. The van der Waals surface area contributed by atoms with Gasteiger partial charge in [-0.1, -0.05) is 6.07 Å². The number of nitrogens with one attached hydrogen (secondary N) is 2. The van der Waals surface area contributed by atoms with E-state index in [1.54, 1.807) is 35.4 Å². The molecule has 1 saturated heterocycles. The minimum absolute atomic E-state index is 0.131. The predicted molar refractivity (Wildman–Crippen MR) is 122 cm³/mol. The Morgan fingerprint density at radius 1 is 1.16 bits per heavy atom. The molecule has 8 heteroatoms. The molecule has 7 nitrogen and oxygen atoms in total. The summed E-state index contributed by atoms with van der Waals surface area (Å²) in [6.07, 6.45) is 3.71. The van der Waals surface area contributed by atoms with Gasteiger partial charge in [-0.2, -0.15) is 0 Å². The maximum Gasteiger partial charge on any atom is 0.410 e. The lowest BCUT2D eigenvalue weighted by molar-refractivity contribution is 0.0184. The summed E-state index contributed by atoms with van der Waals surface area (Å²) in [5.41, 5.74) is 1.93. The van der Waals surface area contributed by atoms with Gasteiger partial charge in [0.25, 0.3) is 0 Å². The molecular formula is C24H31FN4O3. The van der Waals surface area contributed by atoms with Crippen molar-refractivity contribution in [2.45, 2.75) is 52.6 Å². The Balaban J connectivity index is 1.54. The second kappa shape index (κ2) is 9.97. The number of benzene rings is 1. The number of aromatic nitrogens is 1. The van der Waals surface area contributed by atoms with Gasteiger partial charge in [-0.05, 0) is 82.7 Å². The lowest BCUT2D eigenvalue weighted by Gasteiger charge is -2.33. The number of carbonyl (C=O) groups excluding carboxylic acids is 2. The Kier molecular flexibility index (Phi) is 7.33. The van der Waals surface area contributed by atoms with Gasteiger partial charge in [-0.15, -0.1) is 0 Å². The van der Waals surface area contributed by atoms with Gasteiger partial charge in [0, 0.05) is 18.8 Å². The molecule has 3 rings (SSSR count). The van der Waals surface area contributed by atoms with E-state index in [0.717, 1.165) is 30.5 Å². The fourth-order valence-corrected chi connectivity index (χ4v) is 3.60. The summed E-state index contributed by atoms with van der Waals surface area (Å²) in [6.45, 7) is 8.70. The molecule has 1 aliphatic rings. The van der Waals surface area contributed by atoms with E-state index in [1.165, 1.54) is 6.07 Å². The van der Waals surface area contributed by atoms with Crippen LogP contribution in [-0.4, -0.2) is 40.7 Å².